The van der Waals surface area contributed by atoms with Gasteiger partial charge < -0.3 is 5.73 Å². The largest absolute Gasteiger partial charge is 0.379 e. The molecule has 0 atom stereocenters. The maximum Gasteiger partial charge on any atom is 0.151 e. The van der Waals surface area contributed by atoms with Crippen molar-refractivity contribution in [3.63, 3.8) is 0 Å². The lowest BCUT2D eigenvalue weighted by molar-refractivity contribution is 1.07. The zero-order valence-corrected chi connectivity index (χ0v) is 10.4. The van der Waals surface area contributed by atoms with Gasteiger partial charge in [-0.15, -0.1) is 0 Å². The average Bonchev–Trinajstić information content (AvgIpc) is 2.36. The van der Waals surface area contributed by atoms with Crippen LogP contribution in [0.1, 0.15) is 11.4 Å². The highest BCUT2D eigenvalue weighted by atomic mass is 32.2. The molecule has 0 spiro atoms. The summed E-state index contributed by atoms with van der Waals surface area (Å²) in [6, 6.07) is 7.67. The van der Waals surface area contributed by atoms with Gasteiger partial charge in [0.25, 0.3) is 0 Å². The molecular formula is C12H11N5S. The summed E-state index contributed by atoms with van der Waals surface area (Å²) in [7, 11) is 0. The first-order valence-electron chi connectivity index (χ1n) is 5.28. The number of fused-ring (bicyclic) bond motifs is 1. The van der Waals surface area contributed by atoms with E-state index in [0.29, 0.717) is 11.4 Å². The van der Waals surface area contributed by atoms with Gasteiger partial charge in [0, 0.05) is 17.3 Å². The van der Waals surface area contributed by atoms with Crippen LogP contribution in [-0.4, -0.2) is 15.1 Å². The second-order valence-corrected chi connectivity index (χ2v) is 4.64. The number of nitrogens with zero attached hydrogens (tertiary/aromatic N) is 3. The number of hydrogen-bond donors (Lipinski definition) is 2. The van der Waals surface area contributed by atoms with Crippen molar-refractivity contribution in [3.8, 4) is 6.07 Å². The third-order valence-corrected chi connectivity index (χ3v) is 3.08. The van der Waals surface area contributed by atoms with Crippen LogP contribution in [0.25, 0.3) is 10.9 Å². The number of pyridine rings is 2. The van der Waals surface area contributed by atoms with Crippen LogP contribution < -0.4 is 5.73 Å². The highest BCUT2D eigenvalue weighted by molar-refractivity contribution is 8.13. The third-order valence-electron chi connectivity index (χ3n) is 2.36. The third kappa shape index (κ3) is 2.76. The normalized spacial score (nSPS) is 10.2. The number of nitrogens with one attached hydrogen (secondary N) is 1. The molecule has 90 valence electrons. The molecule has 0 saturated heterocycles. The predicted octanol–water partition coefficient (Wildman–Crippen LogP) is 1.82. The Bertz CT molecular complexity index is 632. The predicted molar refractivity (Wildman–Crippen MR) is 72.1 cm³/mol. The molecule has 2 rings (SSSR count). The van der Waals surface area contributed by atoms with Crippen molar-refractivity contribution in [1.29, 1.82) is 10.7 Å². The summed E-state index contributed by atoms with van der Waals surface area (Å²) in [6.45, 7) is 0. The standard InChI is InChI=1S/C12H11N5S/c13-4-3-8-6-10-9(2-1-5-16-10)11(17-8)7-18-12(14)15/h1-2,5-6H,3,7H2,(H3,14,15). The summed E-state index contributed by atoms with van der Waals surface area (Å²) in [5.41, 5.74) is 7.66. The van der Waals surface area contributed by atoms with Crippen LogP contribution in [0.3, 0.4) is 0 Å². The van der Waals surface area contributed by atoms with Gasteiger partial charge in [0.15, 0.2) is 5.17 Å². The Kier molecular flexibility index (Phi) is 3.75. The van der Waals surface area contributed by atoms with Crippen molar-refractivity contribution in [3.05, 3.63) is 35.8 Å². The maximum atomic E-state index is 8.73. The molecule has 0 aromatic carbocycles. The molecular weight excluding hydrogens is 246 g/mol. The molecule has 0 aliphatic heterocycles. The van der Waals surface area contributed by atoms with Crippen molar-refractivity contribution < 1.29 is 0 Å². The lowest BCUT2D eigenvalue weighted by atomic mass is 10.1. The quantitative estimate of drug-likeness (QED) is 0.645. The Morgan fingerprint density at radius 2 is 2.39 bits per heavy atom. The number of nitriles is 1. The molecule has 0 bridgehead atoms. The minimum absolute atomic E-state index is 0.0551. The Balaban J connectivity index is 2.47. The minimum atomic E-state index is 0.0551. The SMILES string of the molecule is N#CCc1cc2ncccc2c(CSC(=N)N)n1. The molecule has 0 aliphatic rings. The fourth-order valence-electron chi connectivity index (χ4n) is 1.63. The van der Waals surface area contributed by atoms with E-state index in [2.05, 4.69) is 16.0 Å². The molecule has 0 saturated carbocycles. The molecule has 0 unspecified atom stereocenters. The van der Waals surface area contributed by atoms with E-state index in [9.17, 15) is 0 Å². The van der Waals surface area contributed by atoms with E-state index in [1.807, 2.05) is 18.2 Å². The Hall–Kier alpha value is -2.13. The van der Waals surface area contributed by atoms with E-state index in [1.54, 1.807) is 6.20 Å². The van der Waals surface area contributed by atoms with E-state index < -0.39 is 0 Å². The van der Waals surface area contributed by atoms with Gasteiger partial charge in [-0.25, -0.2) is 0 Å². The molecule has 0 radical (unpaired) electrons. The molecule has 2 heterocycles. The number of nitrogens with two attached hydrogens (primary N) is 1. The van der Waals surface area contributed by atoms with Gasteiger partial charge in [-0.2, -0.15) is 5.26 Å². The summed E-state index contributed by atoms with van der Waals surface area (Å²) in [6.07, 6.45) is 1.96. The van der Waals surface area contributed by atoms with Crippen LogP contribution in [0.5, 0.6) is 0 Å². The van der Waals surface area contributed by atoms with Crippen LogP contribution in [-0.2, 0) is 12.2 Å². The maximum absolute atomic E-state index is 8.73. The van der Waals surface area contributed by atoms with E-state index in [1.165, 1.54) is 11.8 Å². The molecule has 5 nitrogen and oxygen atoms in total. The van der Waals surface area contributed by atoms with Crippen molar-refractivity contribution >= 4 is 27.8 Å². The number of amidine groups is 1. The van der Waals surface area contributed by atoms with Crippen molar-refractivity contribution in [2.24, 2.45) is 5.73 Å². The van der Waals surface area contributed by atoms with Gasteiger partial charge in [-0.3, -0.25) is 15.4 Å². The molecule has 18 heavy (non-hydrogen) atoms. The van der Waals surface area contributed by atoms with E-state index >= 15 is 0 Å². The van der Waals surface area contributed by atoms with E-state index in [0.717, 1.165) is 16.6 Å². The summed E-state index contributed by atoms with van der Waals surface area (Å²) >= 11 is 1.21. The zero-order chi connectivity index (χ0) is 13.0. The highest BCUT2D eigenvalue weighted by Gasteiger charge is 2.07. The van der Waals surface area contributed by atoms with Gasteiger partial charge in [-0.1, -0.05) is 11.8 Å². The van der Waals surface area contributed by atoms with Crippen LogP contribution in [0.15, 0.2) is 24.4 Å². The van der Waals surface area contributed by atoms with Crippen molar-refractivity contribution in [2.75, 3.05) is 0 Å². The Labute approximate surface area is 109 Å². The number of hydrogen-bond acceptors (Lipinski definition) is 5. The molecule has 2 aromatic heterocycles. The Morgan fingerprint density at radius 3 is 3.11 bits per heavy atom. The Morgan fingerprint density at radius 1 is 1.56 bits per heavy atom. The van der Waals surface area contributed by atoms with E-state index in [-0.39, 0.29) is 11.6 Å². The molecule has 2 aromatic rings. The number of aromatic nitrogens is 2. The molecule has 0 amide bonds. The summed E-state index contributed by atoms with van der Waals surface area (Å²) in [4.78, 5) is 8.70. The van der Waals surface area contributed by atoms with Gasteiger partial charge in [0.1, 0.15) is 0 Å². The molecule has 6 heteroatoms. The second kappa shape index (κ2) is 5.47. The van der Waals surface area contributed by atoms with Crippen LogP contribution >= 0.6 is 11.8 Å². The smallest absolute Gasteiger partial charge is 0.151 e. The molecule has 0 aliphatic carbocycles. The zero-order valence-electron chi connectivity index (χ0n) is 9.55. The number of rotatable bonds is 3. The first-order valence-corrected chi connectivity index (χ1v) is 6.26. The second-order valence-electron chi connectivity index (χ2n) is 3.62. The highest BCUT2D eigenvalue weighted by Crippen LogP contribution is 2.20. The summed E-state index contributed by atoms with van der Waals surface area (Å²) < 4.78 is 0. The number of thioether (sulfide) groups is 1. The average molecular weight is 257 g/mol. The van der Waals surface area contributed by atoms with Crippen LogP contribution in [0, 0.1) is 16.7 Å². The molecule has 3 N–H and O–H groups in total. The topological polar surface area (TPSA) is 99.4 Å². The van der Waals surface area contributed by atoms with Gasteiger partial charge in [0.05, 0.1) is 29.4 Å². The van der Waals surface area contributed by atoms with E-state index in [4.69, 9.17) is 16.4 Å². The monoisotopic (exact) mass is 257 g/mol. The van der Waals surface area contributed by atoms with Crippen molar-refractivity contribution in [2.45, 2.75) is 12.2 Å². The first kappa shape index (κ1) is 12.3. The van der Waals surface area contributed by atoms with Crippen LogP contribution in [0.4, 0.5) is 0 Å². The lowest BCUT2D eigenvalue weighted by Crippen LogP contribution is -2.05. The van der Waals surface area contributed by atoms with Crippen LogP contribution in [0.2, 0.25) is 0 Å². The van der Waals surface area contributed by atoms with Gasteiger partial charge in [0.2, 0.25) is 0 Å². The first-order chi connectivity index (χ1) is 8.70. The summed E-state index contributed by atoms with van der Waals surface area (Å²) in [5, 5.41) is 17.0. The fraction of sp³-hybridized carbons (Fsp3) is 0.167. The minimum Gasteiger partial charge on any atom is -0.379 e. The lowest BCUT2D eigenvalue weighted by Gasteiger charge is -2.06. The fourth-order valence-corrected chi connectivity index (χ4v) is 2.14. The molecule has 0 fully saturated rings. The van der Waals surface area contributed by atoms with Gasteiger partial charge >= 0.3 is 0 Å². The summed E-state index contributed by atoms with van der Waals surface area (Å²) in [5.74, 6) is 0.511. The van der Waals surface area contributed by atoms with Crippen molar-refractivity contribution in [1.82, 2.24) is 9.97 Å². The van der Waals surface area contributed by atoms with Gasteiger partial charge in [-0.05, 0) is 18.2 Å².